The van der Waals surface area contributed by atoms with Gasteiger partial charge in [0.1, 0.15) is 6.10 Å². The first-order valence-electron chi connectivity index (χ1n) is 9.83. The number of hydrogen-bond donors (Lipinski definition) is 1. The Balaban J connectivity index is 1.99. The number of nitrogens with zero attached hydrogens (tertiary/aromatic N) is 3. The molecule has 5 atom stereocenters. The van der Waals surface area contributed by atoms with Gasteiger partial charge in [-0.2, -0.15) is 15.8 Å². The minimum atomic E-state index is -1.93. The number of fused-ring (bicyclic) bond motifs is 2. The highest BCUT2D eigenvalue weighted by molar-refractivity contribution is 9.10. The Bertz CT molecular complexity index is 1150. The first kappa shape index (κ1) is 21.1. The van der Waals surface area contributed by atoms with Crippen molar-refractivity contribution in [2.24, 2.45) is 16.7 Å². The molecule has 6 nitrogen and oxygen atoms in total. The van der Waals surface area contributed by atoms with Gasteiger partial charge in [-0.1, -0.05) is 72.2 Å². The van der Waals surface area contributed by atoms with Crippen LogP contribution in [0.4, 0.5) is 0 Å². The fraction of sp³-hybridized carbons (Fsp3) is 0.333. The molecule has 2 aliphatic heterocycles. The quantitative estimate of drug-likeness (QED) is 0.672. The van der Waals surface area contributed by atoms with Gasteiger partial charge in [-0.3, -0.25) is 5.41 Å². The minimum Gasteiger partial charge on any atom is -0.443 e. The third kappa shape index (κ3) is 2.53. The summed E-state index contributed by atoms with van der Waals surface area (Å²) in [6.07, 6.45) is -1.01. The average molecular weight is 475 g/mol. The SMILES string of the molecule is CC(c1ccccc1)C1OC2(c3ccc(Br)cc3)OC(=N)C(C#N)(C2C)C1(C#N)C#N. The normalized spacial score (nSPS) is 31.5. The summed E-state index contributed by atoms with van der Waals surface area (Å²) < 4.78 is 13.4. The molecule has 2 aromatic carbocycles. The number of hydrogen-bond acceptors (Lipinski definition) is 6. The van der Waals surface area contributed by atoms with Crippen LogP contribution in [-0.4, -0.2) is 12.0 Å². The van der Waals surface area contributed by atoms with Gasteiger partial charge in [-0.15, -0.1) is 0 Å². The highest BCUT2D eigenvalue weighted by atomic mass is 79.9. The fourth-order valence-electron chi connectivity index (χ4n) is 4.98. The molecule has 1 N–H and O–H groups in total. The van der Waals surface area contributed by atoms with E-state index in [1.165, 1.54) is 0 Å². The number of nitriles is 3. The molecule has 2 bridgehead atoms. The van der Waals surface area contributed by atoms with E-state index in [4.69, 9.17) is 14.9 Å². The van der Waals surface area contributed by atoms with E-state index < -0.39 is 40.5 Å². The first-order valence-corrected chi connectivity index (χ1v) is 10.6. The van der Waals surface area contributed by atoms with Crippen LogP contribution in [0.25, 0.3) is 0 Å². The van der Waals surface area contributed by atoms with Crippen LogP contribution in [0.2, 0.25) is 0 Å². The molecule has 5 unspecified atom stereocenters. The second-order valence-electron chi connectivity index (χ2n) is 8.02. The van der Waals surface area contributed by atoms with Gasteiger partial charge in [0.15, 0.2) is 10.8 Å². The monoisotopic (exact) mass is 474 g/mol. The summed E-state index contributed by atoms with van der Waals surface area (Å²) in [5.41, 5.74) is -2.22. The second kappa shape index (κ2) is 7.20. The minimum absolute atomic E-state index is 0.406. The maximum atomic E-state index is 10.3. The molecule has 0 aromatic heterocycles. The van der Waals surface area contributed by atoms with Crippen molar-refractivity contribution in [1.82, 2.24) is 0 Å². The Morgan fingerprint density at radius 1 is 1.00 bits per heavy atom. The zero-order chi connectivity index (χ0) is 22.4. The predicted octanol–water partition coefficient (Wildman–Crippen LogP) is 4.99. The summed E-state index contributed by atoms with van der Waals surface area (Å²) in [4.78, 5) is 0. The van der Waals surface area contributed by atoms with E-state index in [2.05, 4.69) is 34.1 Å². The van der Waals surface area contributed by atoms with Crippen LogP contribution >= 0.6 is 15.9 Å². The van der Waals surface area contributed by atoms with Crippen molar-refractivity contribution in [1.29, 1.82) is 21.2 Å². The van der Waals surface area contributed by atoms with E-state index >= 15 is 0 Å². The topological polar surface area (TPSA) is 114 Å². The number of halogens is 1. The Morgan fingerprint density at radius 3 is 2.16 bits per heavy atom. The molecule has 0 aliphatic carbocycles. The summed E-state index contributed by atoms with van der Waals surface area (Å²) >= 11 is 3.41. The molecule has 154 valence electrons. The van der Waals surface area contributed by atoms with E-state index in [1.807, 2.05) is 49.4 Å². The predicted molar refractivity (Wildman–Crippen MR) is 115 cm³/mol. The summed E-state index contributed by atoms with van der Waals surface area (Å²) in [5.74, 6) is -3.04. The molecule has 2 aromatic rings. The largest absolute Gasteiger partial charge is 0.443 e. The van der Waals surface area contributed by atoms with Crippen LogP contribution in [0.15, 0.2) is 59.1 Å². The van der Waals surface area contributed by atoms with Gasteiger partial charge in [0.2, 0.25) is 11.7 Å². The molecule has 0 spiro atoms. The number of nitrogens with one attached hydrogen (secondary N) is 1. The van der Waals surface area contributed by atoms with Gasteiger partial charge in [-0.05, 0) is 17.7 Å². The Labute approximate surface area is 189 Å². The summed E-state index contributed by atoms with van der Waals surface area (Å²) in [5, 5.41) is 39.6. The Morgan fingerprint density at radius 2 is 1.61 bits per heavy atom. The van der Waals surface area contributed by atoms with Crippen molar-refractivity contribution in [3.05, 3.63) is 70.2 Å². The van der Waals surface area contributed by atoms with E-state index in [0.29, 0.717) is 5.56 Å². The second-order valence-corrected chi connectivity index (χ2v) is 8.93. The molecule has 2 saturated heterocycles. The third-order valence-corrected chi connectivity index (χ3v) is 7.27. The smallest absolute Gasteiger partial charge is 0.243 e. The molecule has 0 saturated carbocycles. The highest BCUT2D eigenvalue weighted by Crippen LogP contribution is 2.67. The molecular weight excluding hydrogens is 456 g/mol. The lowest BCUT2D eigenvalue weighted by atomic mass is 9.52. The molecule has 0 radical (unpaired) electrons. The van der Waals surface area contributed by atoms with Crippen molar-refractivity contribution in [3.63, 3.8) is 0 Å². The Hall–Kier alpha value is -3.18. The van der Waals surface area contributed by atoms with Crippen LogP contribution in [-0.2, 0) is 15.3 Å². The number of rotatable bonds is 3. The summed E-state index contributed by atoms with van der Waals surface area (Å²) in [7, 11) is 0. The Kier molecular flexibility index (Phi) is 4.90. The molecule has 31 heavy (non-hydrogen) atoms. The lowest BCUT2D eigenvalue weighted by Crippen LogP contribution is -2.62. The molecule has 0 amide bonds. The van der Waals surface area contributed by atoms with Gasteiger partial charge < -0.3 is 9.47 Å². The van der Waals surface area contributed by atoms with Gasteiger partial charge in [0, 0.05) is 16.0 Å². The maximum absolute atomic E-state index is 10.3. The van der Waals surface area contributed by atoms with Crippen LogP contribution in [0.3, 0.4) is 0 Å². The first-order chi connectivity index (χ1) is 14.8. The standard InChI is InChI=1S/C24H19BrN4O2/c1-15(17-6-4-3-5-7-17)20-22(12-26,13-27)23(14-28)16(2)24(30-20,31-21(23)29)18-8-10-19(25)11-9-18/h3-11,15-16,20,29H,1-2H3. The van der Waals surface area contributed by atoms with E-state index in [9.17, 15) is 15.8 Å². The van der Waals surface area contributed by atoms with Crippen LogP contribution in [0, 0.1) is 56.2 Å². The highest BCUT2D eigenvalue weighted by Gasteiger charge is 2.80. The maximum Gasteiger partial charge on any atom is 0.243 e. The molecule has 2 heterocycles. The lowest BCUT2D eigenvalue weighted by Gasteiger charge is -2.50. The number of benzene rings is 2. The van der Waals surface area contributed by atoms with E-state index in [0.717, 1.165) is 10.0 Å². The summed E-state index contributed by atoms with van der Waals surface area (Å²) in [6, 6.07) is 23.0. The molecular formula is C24H19BrN4O2. The number of ether oxygens (including phenoxy) is 2. The van der Waals surface area contributed by atoms with Gasteiger partial charge in [-0.25, -0.2) is 0 Å². The fourth-order valence-corrected chi connectivity index (χ4v) is 5.25. The third-order valence-electron chi connectivity index (χ3n) is 6.74. The van der Waals surface area contributed by atoms with Crippen molar-refractivity contribution in [2.45, 2.75) is 31.7 Å². The van der Waals surface area contributed by atoms with Crippen LogP contribution in [0.1, 0.15) is 30.9 Å². The van der Waals surface area contributed by atoms with Crippen LogP contribution in [0.5, 0.6) is 0 Å². The van der Waals surface area contributed by atoms with Crippen LogP contribution < -0.4 is 0 Å². The lowest BCUT2D eigenvalue weighted by molar-refractivity contribution is -0.289. The van der Waals surface area contributed by atoms with Gasteiger partial charge >= 0.3 is 0 Å². The summed E-state index contributed by atoms with van der Waals surface area (Å²) in [6.45, 7) is 3.57. The van der Waals surface area contributed by atoms with Crippen molar-refractivity contribution < 1.29 is 9.47 Å². The molecule has 4 rings (SSSR count). The average Bonchev–Trinajstić information content (AvgIpc) is 2.96. The molecule has 2 fully saturated rings. The van der Waals surface area contributed by atoms with Gasteiger partial charge in [0.25, 0.3) is 0 Å². The zero-order valence-electron chi connectivity index (χ0n) is 17.0. The van der Waals surface area contributed by atoms with Gasteiger partial charge in [0.05, 0.1) is 24.1 Å². The van der Waals surface area contributed by atoms with Crippen molar-refractivity contribution >= 4 is 21.8 Å². The van der Waals surface area contributed by atoms with E-state index in [1.54, 1.807) is 19.1 Å². The van der Waals surface area contributed by atoms with E-state index in [-0.39, 0.29) is 0 Å². The van der Waals surface area contributed by atoms with Crippen molar-refractivity contribution in [3.8, 4) is 18.2 Å². The zero-order valence-corrected chi connectivity index (χ0v) is 18.6. The molecule has 2 aliphatic rings. The van der Waals surface area contributed by atoms with Crippen molar-refractivity contribution in [2.75, 3.05) is 0 Å². The molecule has 7 heteroatoms.